The summed E-state index contributed by atoms with van der Waals surface area (Å²) in [4.78, 5) is 23.8. The van der Waals surface area contributed by atoms with Crippen molar-refractivity contribution in [2.24, 2.45) is 0 Å². The van der Waals surface area contributed by atoms with Gasteiger partial charge in [0.15, 0.2) is 0 Å². The lowest BCUT2D eigenvalue weighted by Crippen LogP contribution is -2.26. The van der Waals surface area contributed by atoms with E-state index in [1.807, 2.05) is 19.1 Å². The zero-order chi connectivity index (χ0) is 18.9. The number of carbonyl (C=O) groups is 1. The summed E-state index contributed by atoms with van der Waals surface area (Å²) in [5, 5.41) is 9.05. The van der Waals surface area contributed by atoms with E-state index in [1.165, 1.54) is 23.9 Å². The summed E-state index contributed by atoms with van der Waals surface area (Å²) in [6.45, 7) is 3.07. The van der Waals surface area contributed by atoms with E-state index in [1.54, 1.807) is 18.2 Å². The molecule has 0 saturated heterocycles. The second-order valence-corrected chi connectivity index (χ2v) is 5.41. The zero-order valence-corrected chi connectivity index (χ0v) is 14.7. The molecule has 1 heterocycles. The lowest BCUT2D eigenvalue weighted by molar-refractivity contribution is 0.0599. The molecule has 26 heavy (non-hydrogen) atoms. The van der Waals surface area contributed by atoms with Gasteiger partial charge in [0.25, 0.3) is 5.56 Å². The molecule has 7 heteroatoms. The van der Waals surface area contributed by atoms with E-state index in [4.69, 9.17) is 14.7 Å². The minimum atomic E-state index is -0.612. The van der Waals surface area contributed by atoms with Crippen molar-refractivity contribution in [2.75, 3.05) is 20.3 Å². The molecule has 1 aromatic heterocycles. The molecule has 7 nitrogen and oxygen atoms in total. The van der Waals surface area contributed by atoms with Crippen LogP contribution in [0.5, 0.6) is 11.5 Å². The molecule has 0 aliphatic rings. The Kier molecular flexibility index (Phi) is 6.80. The van der Waals surface area contributed by atoms with Gasteiger partial charge < -0.3 is 18.8 Å². The van der Waals surface area contributed by atoms with Gasteiger partial charge in [-0.2, -0.15) is 5.26 Å². The summed E-state index contributed by atoms with van der Waals surface area (Å²) >= 11 is 0. The van der Waals surface area contributed by atoms with Gasteiger partial charge in [-0.05, 0) is 36.8 Å². The summed E-state index contributed by atoms with van der Waals surface area (Å²) < 4.78 is 17.0. The molecule has 0 saturated carbocycles. The van der Waals surface area contributed by atoms with Crippen molar-refractivity contribution in [3.8, 4) is 17.6 Å². The molecule has 0 amide bonds. The van der Waals surface area contributed by atoms with Gasteiger partial charge in [0.05, 0.1) is 25.8 Å². The van der Waals surface area contributed by atoms with E-state index < -0.39 is 11.5 Å². The predicted molar refractivity (Wildman–Crippen MR) is 94.5 cm³/mol. The largest absolute Gasteiger partial charge is 0.494 e. The highest BCUT2D eigenvalue weighted by Crippen LogP contribution is 2.17. The van der Waals surface area contributed by atoms with Crippen LogP contribution in [0.2, 0.25) is 0 Å². The highest BCUT2D eigenvalue weighted by atomic mass is 16.5. The van der Waals surface area contributed by atoms with Crippen LogP contribution in [-0.2, 0) is 11.3 Å². The minimum Gasteiger partial charge on any atom is -0.494 e. The third-order valence-corrected chi connectivity index (χ3v) is 3.53. The normalized spacial score (nSPS) is 10.0. The second-order valence-electron chi connectivity index (χ2n) is 5.41. The molecule has 0 aliphatic carbocycles. The number of carbonyl (C=O) groups excluding carboxylic acids is 1. The lowest BCUT2D eigenvalue weighted by atomic mass is 10.2. The number of rotatable bonds is 8. The first-order chi connectivity index (χ1) is 12.6. The first-order valence-corrected chi connectivity index (χ1v) is 8.17. The molecule has 0 fully saturated rings. The van der Waals surface area contributed by atoms with Crippen LogP contribution in [0.3, 0.4) is 0 Å². The number of nitrogens with zero attached hydrogens (tertiary/aromatic N) is 2. The Morgan fingerprint density at radius 3 is 2.31 bits per heavy atom. The van der Waals surface area contributed by atoms with Gasteiger partial charge in [0.2, 0.25) is 0 Å². The van der Waals surface area contributed by atoms with E-state index in [9.17, 15) is 9.59 Å². The fraction of sp³-hybridized carbons (Fsp3) is 0.316. The Hall–Kier alpha value is -3.27. The van der Waals surface area contributed by atoms with Gasteiger partial charge in [-0.15, -0.1) is 0 Å². The third-order valence-electron chi connectivity index (χ3n) is 3.53. The Morgan fingerprint density at radius 1 is 1.15 bits per heavy atom. The summed E-state index contributed by atoms with van der Waals surface area (Å²) in [6.07, 6.45) is 2.29. The second kappa shape index (κ2) is 9.28. The first kappa shape index (κ1) is 19.1. The summed E-state index contributed by atoms with van der Waals surface area (Å²) in [6, 6.07) is 10.2. The zero-order valence-electron chi connectivity index (χ0n) is 14.7. The van der Waals surface area contributed by atoms with Crippen LogP contribution < -0.4 is 15.0 Å². The van der Waals surface area contributed by atoms with Gasteiger partial charge in [-0.25, -0.2) is 4.79 Å². The lowest BCUT2D eigenvalue weighted by Gasteiger charge is -2.11. The van der Waals surface area contributed by atoms with Crippen LogP contribution in [-0.4, -0.2) is 30.9 Å². The van der Waals surface area contributed by atoms with Crippen LogP contribution in [0.25, 0.3) is 0 Å². The summed E-state index contributed by atoms with van der Waals surface area (Å²) in [5.74, 6) is 0.783. The van der Waals surface area contributed by atoms with Crippen molar-refractivity contribution in [3.63, 3.8) is 0 Å². The number of benzene rings is 1. The first-order valence-electron chi connectivity index (χ1n) is 8.17. The average molecular weight is 356 g/mol. The molecule has 136 valence electrons. The van der Waals surface area contributed by atoms with Gasteiger partial charge in [0, 0.05) is 6.20 Å². The molecule has 0 aliphatic heterocycles. The molecule has 0 spiro atoms. The fourth-order valence-electron chi connectivity index (χ4n) is 2.23. The van der Waals surface area contributed by atoms with Crippen molar-refractivity contribution in [2.45, 2.75) is 19.9 Å². The van der Waals surface area contributed by atoms with Gasteiger partial charge in [0.1, 0.15) is 29.7 Å². The number of hydrogen-bond acceptors (Lipinski definition) is 6. The Morgan fingerprint density at radius 2 is 1.77 bits per heavy atom. The van der Waals surface area contributed by atoms with E-state index in [-0.39, 0.29) is 24.3 Å². The third kappa shape index (κ3) is 4.86. The number of ether oxygens (including phenoxy) is 3. The van der Waals surface area contributed by atoms with Crippen molar-refractivity contribution < 1.29 is 19.0 Å². The molecule has 0 N–H and O–H groups in total. The quantitative estimate of drug-likeness (QED) is 0.675. The van der Waals surface area contributed by atoms with Gasteiger partial charge in [-0.3, -0.25) is 4.79 Å². The van der Waals surface area contributed by atoms with Crippen LogP contribution in [0, 0.1) is 11.3 Å². The van der Waals surface area contributed by atoms with Crippen LogP contribution in [0.1, 0.15) is 29.3 Å². The van der Waals surface area contributed by atoms with Gasteiger partial charge >= 0.3 is 5.97 Å². The van der Waals surface area contributed by atoms with E-state index in [0.717, 1.165) is 12.2 Å². The maximum absolute atomic E-state index is 12.2. The van der Waals surface area contributed by atoms with E-state index in [0.29, 0.717) is 12.4 Å². The van der Waals surface area contributed by atoms with E-state index >= 15 is 0 Å². The van der Waals surface area contributed by atoms with Crippen LogP contribution in [0.15, 0.2) is 41.3 Å². The predicted octanol–water partition coefficient (Wildman–Crippen LogP) is 2.37. The monoisotopic (exact) mass is 356 g/mol. The van der Waals surface area contributed by atoms with Crippen LogP contribution in [0.4, 0.5) is 0 Å². The Bertz CT molecular complexity index is 850. The van der Waals surface area contributed by atoms with Crippen molar-refractivity contribution in [1.29, 1.82) is 5.26 Å². The molecule has 0 atom stereocenters. The maximum Gasteiger partial charge on any atom is 0.339 e. The molecule has 2 aromatic rings. The molecule has 0 bridgehead atoms. The summed E-state index contributed by atoms with van der Waals surface area (Å²) in [5.41, 5.74) is -0.460. The van der Waals surface area contributed by atoms with Crippen molar-refractivity contribution >= 4 is 5.97 Å². The standard InChI is InChI=1S/C19H20N2O5/c1-3-9-25-16-4-6-17(7-5-16)26-10-8-21-13-15(19(23)24-2)11-14(12-20)18(21)22/h4-7,11,13H,3,8-10H2,1-2H3. The highest BCUT2D eigenvalue weighted by molar-refractivity contribution is 5.89. The number of nitriles is 1. The molecule has 0 unspecified atom stereocenters. The summed E-state index contributed by atoms with van der Waals surface area (Å²) in [7, 11) is 1.24. The molecular formula is C19H20N2O5. The number of esters is 1. The van der Waals surface area contributed by atoms with E-state index in [2.05, 4.69) is 4.74 Å². The number of hydrogen-bond donors (Lipinski definition) is 0. The topological polar surface area (TPSA) is 90.5 Å². The highest BCUT2D eigenvalue weighted by Gasteiger charge is 2.12. The fourth-order valence-corrected chi connectivity index (χ4v) is 2.23. The average Bonchev–Trinajstić information content (AvgIpc) is 2.68. The molecule has 1 aromatic carbocycles. The molecule has 0 radical (unpaired) electrons. The molecular weight excluding hydrogens is 336 g/mol. The van der Waals surface area contributed by atoms with Gasteiger partial charge in [-0.1, -0.05) is 6.92 Å². The number of aromatic nitrogens is 1. The Balaban J connectivity index is 2.04. The van der Waals surface area contributed by atoms with Crippen molar-refractivity contribution in [3.05, 3.63) is 58.0 Å². The van der Waals surface area contributed by atoms with Crippen molar-refractivity contribution in [1.82, 2.24) is 4.57 Å². The molecule has 2 rings (SSSR count). The minimum absolute atomic E-state index is 0.120. The number of methoxy groups -OCH3 is 1. The maximum atomic E-state index is 12.2. The SMILES string of the molecule is CCCOc1ccc(OCCn2cc(C(=O)OC)cc(C#N)c2=O)cc1. The number of pyridine rings is 1. The smallest absolute Gasteiger partial charge is 0.339 e. The van der Waals surface area contributed by atoms with Crippen LogP contribution >= 0.6 is 0 Å². The Labute approximate surface area is 151 Å².